The zero-order chi connectivity index (χ0) is 13.8. The molecule has 0 radical (unpaired) electrons. The van der Waals surface area contributed by atoms with Crippen molar-refractivity contribution in [3.05, 3.63) is 36.0 Å². The second kappa shape index (κ2) is 5.98. The minimum absolute atomic E-state index is 0.497. The lowest BCUT2D eigenvalue weighted by molar-refractivity contribution is 0.0250. The molecule has 1 aliphatic rings. The summed E-state index contributed by atoms with van der Waals surface area (Å²) in [6.45, 7) is 1.51. The highest BCUT2D eigenvalue weighted by Crippen LogP contribution is 2.26. The highest BCUT2D eigenvalue weighted by Gasteiger charge is 2.27. The van der Waals surface area contributed by atoms with Gasteiger partial charge < -0.3 is 15.4 Å². The van der Waals surface area contributed by atoms with E-state index in [4.69, 9.17) is 0 Å². The molecule has 3 nitrogen and oxygen atoms in total. The zero-order valence-corrected chi connectivity index (χ0v) is 12.0. The molecule has 1 aliphatic carbocycles. The summed E-state index contributed by atoms with van der Waals surface area (Å²) >= 11 is 0. The fourth-order valence-electron chi connectivity index (χ4n) is 3.27. The summed E-state index contributed by atoms with van der Waals surface area (Å²) in [6, 6.07) is 8.35. The predicted molar refractivity (Wildman–Crippen MR) is 82.7 cm³/mol. The second-order valence-corrected chi connectivity index (χ2v) is 6.10. The van der Waals surface area contributed by atoms with Gasteiger partial charge in [0.05, 0.1) is 5.60 Å². The van der Waals surface area contributed by atoms with Crippen LogP contribution in [-0.4, -0.2) is 22.2 Å². The quantitative estimate of drug-likeness (QED) is 0.748. The lowest BCUT2D eigenvalue weighted by atomic mass is 9.94. The topological polar surface area (TPSA) is 48.0 Å². The van der Waals surface area contributed by atoms with Crippen LogP contribution in [0.3, 0.4) is 0 Å². The Bertz CT molecular complexity index is 553. The van der Waals surface area contributed by atoms with Gasteiger partial charge in [-0.25, -0.2) is 0 Å². The molecule has 2 aromatic rings. The molecule has 0 spiro atoms. The molecule has 0 saturated heterocycles. The lowest BCUT2D eigenvalue weighted by Crippen LogP contribution is -2.39. The molecular formula is C17H24N2O. The van der Waals surface area contributed by atoms with Crippen LogP contribution in [0.15, 0.2) is 30.5 Å². The molecule has 1 aromatic heterocycles. The minimum atomic E-state index is -0.497. The normalized spacial score (nSPS) is 19.1. The highest BCUT2D eigenvalue weighted by atomic mass is 16.3. The van der Waals surface area contributed by atoms with E-state index in [2.05, 4.69) is 34.7 Å². The number of aliphatic hydroxyl groups is 1. The zero-order valence-electron chi connectivity index (χ0n) is 12.0. The number of para-hydroxylation sites is 1. The number of hydrogen-bond donors (Lipinski definition) is 3. The van der Waals surface area contributed by atoms with Gasteiger partial charge in [-0.3, -0.25) is 0 Å². The number of aromatic amines is 1. The van der Waals surface area contributed by atoms with E-state index in [1.807, 2.05) is 6.07 Å². The smallest absolute Gasteiger partial charge is 0.0771 e. The van der Waals surface area contributed by atoms with Crippen LogP contribution in [0.1, 0.15) is 44.1 Å². The molecule has 0 atom stereocenters. The van der Waals surface area contributed by atoms with Gasteiger partial charge in [-0.05, 0) is 24.5 Å². The lowest BCUT2D eigenvalue weighted by Gasteiger charge is -2.26. The third-order valence-electron chi connectivity index (χ3n) is 4.48. The Morgan fingerprint density at radius 1 is 1.10 bits per heavy atom. The molecule has 1 aromatic carbocycles. The van der Waals surface area contributed by atoms with Gasteiger partial charge in [0.15, 0.2) is 0 Å². The van der Waals surface area contributed by atoms with E-state index in [1.54, 1.807) is 0 Å². The Morgan fingerprint density at radius 3 is 2.65 bits per heavy atom. The van der Waals surface area contributed by atoms with Gasteiger partial charge in [0.1, 0.15) is 0 Å². The van der Waals surface area contributed by atoms with Crippen molar-refractivity contribution in [2.45, 2.75) is 50.7 Å². The summed E-state index contributed by atoms with van der Waals surface area (Å²) in [6.07, 6.45) is 8.79. The fourth-order valence-corrected chi connectivity index (χ4v) is 3.27. The van der Waals surface area contributed by atoms with Crippen LogP contribution in [0.5, 0.6) is 0 Å². The summed E-state index contributed by atoms with van der Waals surface area (Å²) < 4.78 is 0. The molecule has 1 heterocycles. The molecule has 1 fully saturated rings. The van der Waals surface area contributed by atoms with E-state index in [0.717, 1.165) is 32.2 Å². The Hall–Kier alpha value is -1.32. The molecule has 3 rings (SSSR count). The molecule has 1 saturated carbocycles. The summed E-state index contributed by atoms with van der Waals surface area (Å²) in [4.78, 5) is 3.29. The molecule has 3 heteroatoms. The first-order valence-electron chi connectivity index (χ1n) is 7.75. The molecule has 0 unspecified atom stereocenters. The summed E-state index contributed by atoms with van der Waals surface area (Å²) in [5.74, 6) is 0. The highest BCUT2D eigenvalue weighted by molar-refractivity contribution is 5.82. The van der Waals surface area contributed by atoms with Crippen LogP contribution in [0.4, 0.5) is 0 Å². The number of rotatable bonds is 4. The Balaban J connectivity index is 1.59. The third-order valence-corrected chi connectivity index (χ3v) is 4.48. The Kier molecular flexibility index (Phi) is 4.08. The van der Waals surface area contributed by atoms with Crippen molar-refractivity contribution >= 4 is 10.9 Å². The average molecular weight is 272 g/mol. The van der Waals surface area contributed by atoms with Gasteiger partial charge in [0.25, 0.3) is 0 Å². The van der Waals surface area contributed by atoms with Crippen LogP contribution in [0.2, 0.25) is 0 Å². The van der Waals surface area contributed by atoms with Gasteiger partial charge in [0.2, 0.25) is 0 Å². The van der Waals surface area contributed by atoms with E-state index in [1.165, 1.54) is 29.3 Å². The van der Waals surface area contributed by atoms with Crippen LogP contribution in [0, 0.1) is 0 Å². The van der Waals surface area contributed by atoms with Crippen LogP contribution in [0.25, 0.3) is 10.9 Å². The number of hydrogen-bond acceptors (Lipinski definition) is 2. The summed E-state index contributed by atoms with van der Waals surface area (Å²) in [7, 11) is 0. The van der Waals surface area contributed by atoms with Gasteiger partial charge in [-0.2, -0.15) is 0 Å². The minimum Gasteiger partial charge on any atom is -0.389 e. The number of H-pyrrole nitrogens is 1. The van der Waals surface area contributed by atoms with Gasteiger partial charge >= 0.3 is 0 Å². The van der Waals surface area contributed by atoms with E-state index in [0.29, 0.717) is 6.54 Å². The number of fused-ring (bicyclic) bond motifs is 1. The van der Waals surface area contributed by atoms with E-state index in [-0.39, 0.29) is 0 Å². The van der Waals surface area contributed by atoms with Crippen molar-refractivity contribution in [1.82, 2.24) is 10.3 Å². The van der Waals surface area contributed by atoms with Crippen LogP contribution >= 0.6 is 0 Å². The largest absolute Gasteiger partial charge is 0.389 e. The van der Waals surface area contributed by atoms with Crippen LogP contribution < -0.4 is 5.32 Å². The maximum absolute atomic E-state index is 10.6. The predicted octanol–water partition coefficient (Wildman–Crippen LogP) is 3.34. The summed E-state index contributed by atoms with van der Waals surface area (Å²) in [5.41, 5.74) is 1.96. The molecule has 20 heavy (non-hydrogen) atoms. The Morgan fingerprint density at radius 2 is 1.85 bits per heavy atom. The van der Waals surface area contributed by atoms with Crippen molar-refractivity contribution in [3.63, 3.8) is 0 Å². The van der Waals surface area contributed by atoms with E-state index < -0.39 is 5.60 Å². The van der Waals surface area contributed by atoms with Crippen molar-refractivity contribution in [2.24, 2.45) is 0 Å². The first kappa shape index (κ1) is 13.7. The van der Waals surface area contributed by atoms with Crippen molar-refractivity contribution in [1.29, 1.82) is 0 Å². The van der Waals surface area contributed by atoms with Crippen molar-refractivity contribution < 1.29 is 5.11 Å². The van der Waals surface area contributed by atoms with E-state index in [9.17, 15) is 5.11 Å². The number of nitrogens with one attached hydrogen (secondary N) is 2. The molecule has 3 N–H and O–H groups in total. The first-order chi connectivity index (χ1) is 9.77. The van der Waals surface area contributed by atoms with E-state index >= 15 is 0 Å². The number of aromatic nitrogens is 1. The molecule has 0 bridgehead atoms. The van der Waals surface area contributed by atoms with Crippen molar-refractivity contribution in [3.8, 4) is 0 Å². The fraction of sp³-hybridized carbons (Fsp3) is 0.529. The third kappa shape index (κ3) is 3.05. The first-order valence-corrected chi connectivity index (χ1v) is 7.75. The maximum atomic E-state index is 10.6. The molecule has 0 aliphatic heterocycles. The van der Waals surface area contributed by atoms with Gasteiger partial charge in [-0.1, -0.05) is 43.9 Å². The molecular weight excluding hydrogens is 248 g/mol. The maximum Gasteiger partial charge on any atom is 0.0771 e. The van der Waals surface area contributed by atoms with Crippen molar-refractivity contribution in [2.75, 3.05) is 6.54 Å². The van der Waals surface area contributed by atoms with Gasteiger partial charge in [-0.15, -0.1) is 0 Å². The Labute approximate surface area is 120 Å². The number of benzene rings is 1. The monoisotopic (exact) mass is 272 g/mol. The second-order valence-electron chi connectivity index (χ2n) is 6.10. The molecule has 108 valence electrons. The molecule has 0 amide bonds. The average Bonchev–Trinajstić information content (AvgIpc) is 2.74. The summed E-state index contributed by atoms with van der Waals surface area (Å²) in [5, 5.41) is 15.3. The standard InChI is InChI=1S/C17H24N2O/c20-17(9-5-1-2-6-10-17)13-18-11-14-12-19-16-8-4-3-7-15(14)16/h3-4,7-8,12,18-20H,1-2,5-6,9-11,13H2. The van der Waals surface area contributed by atoms with Gasteiger partial charge in [0, 0.05) is 30.2 Å². The SMILES string of the molecule is OC1(CNCc2c[nH]c3ccccc23)CCCCCC1. The van der Waals surface area contributed by atoms with Crippen LogP contribution in [-0.2, 0) is 6.54 Å².